The van der Waals surface area contributed by atoms with Crippen molar-refractivity contribution in [1.82, 2.24) is 4.98 Å². The SMILES string of the molecule is CC(C)(CCl)C(O)C(OC1=CCC(Cl)(Oc2ccccc2)C=C1)c1ccc[nH]1. The van der Waals surface area contributed by atoms with Crippen LogP contribution < -0.4 is 4.74 Å². The predicted molar refractivity (Wildman–Crippen MR) is 113 cm³/mol. The van der Waals surface area contributed by atoms with E-state index in [-0.39, 0.29) is 0 Å². The molecule has 0 radical (unpaired) electrons. The number of hydrogen-bond donors (Lipinski definition) is 2. The summed E-state index contributed by atoms with van der Waals surface area (Å²) in [5, 5.41) is 9.94. The first-order valence-corrected chi connectivity index (χ1v) is 10.1. The van der Waals surface area contributed by atoms with E-state index in [4.69, 9.17) is 32.7 Å². The second-order valence-corrected chi connectivity index (χ2v) is 8.48. The van der Waals surface area contributed by atoms with Crippen LogP contribution in [0.1, 0.15) is 32.1 Å². The van der Waals surface area contributed by atoms with Gasteiger partial charge >= 0.3 is 0 Å². The molecule has 1 aromatic carbocycles. The number of alkyl halides is 2. The van der Waals surface area contributed by atoms with Crippen molar-refractivity contribution in [2.24, 2.45) is 5.41 Å². The molecular weight excluding hydrogens is 397 g/mol. The van der Waals surface area contributed by atoms with Gasteiger partial charge in [0, 0.05) is 23.9 Å². The summed E-state index contributed by atoms with van der Waals surface area (Å²) in [6.07, 6.45) is 6.25. The molecule has 1 aliphatic rings. The normalized spacial score (nSPS) is 21.7. The summed E-state index contributed by atoms with van der Waals surface area (Å²) >= 11 is 12.6. The van der Waals surface area contributed by atoms with E-state index in [0.717, 1.165) is 5.69 Å². The Morgan fingerprint density at radius 3 is 2.54 bits per heavy atom. The van der Waals surface area contributed by atoms with Crippen LogP contribution in [0.15, 0.2) is 72.6 Å². The maximum Gasteiger partial charge on any atom is 0.205 e. The van der Waals surface area contributed by atoms with Gasteiger partial charge in [-0.3, -0.25) is 0 Å². The lowest BCUT2D eigenvalue weighted by molar-refractivity contribution is -0.0592. The number of aliphatic hydroxyl groups excluding tert-OH is 1. The quantitative estimate of drug-likeness (QED) is 0.548. The summed E-state index contributed by atoms with van der Waals surface area (Å²) in [4.78, 5) is 3.12. The standard InChI is InChI=1S/C22H25Cl2NO3/c1-21(2,15-23)20(26)19(18-9-6-14-25-18)27-16-10-12-22(24,13-11-16)28-17-7-4-3-5-8-17/h3-12,14,19-20,25-26H,13,15H2,1-2H3. The summed E-state index contributed by atoms with van der Waals surface area (Å²) in [6.45, 7) is 3.82. The number of nitrogens with one attached hydrogen (secondary N) is 1. The molecule has 1 aliphatic carbocycles. The topological polar surface area (TPSA) is 54.5 Å². The van der Waals surface area contributed by atoms with Crippen LogP contribution in [-0.2, 0) is 4.74 Å². The van der Waals surface area contributed by atoms with E-state index in [2.05, 4.69) is 4.98 Å². The van der Waals surface area contributed by atoms with Gasteiger partial charge in [0.1, 0.15) is 17.6 Å². The third-order valence-electron chi connectivity index (χ3n) is 4.73. The van der Waals surface area contributed by atoms with Gasteiger partial charge in [-0.1, -0.05) is 43.6 Å². The van der Waals surface area contributed by atoms with Crippen molar-refractivity contribution in [3.8, 4) is 5.75 Å². The molecule has 2 aromatic rings. The van der Waals surface area contributed by atoms with Crippen LogP contribution in [0.25, 0.3) is 0 Å². The highest BCUT2D eigenvalue weighted by Crippen LogP contribution is 2.37. The molecule has 150 valence electrons. The van der Waals surface area contributed by atoms with Crippen molar-refractivity contribution >= 4 is 23.2 Å². The molecular formula is C22H25Cl2NO3. The van der Waals surface area contributed by atoms with Gasteiger partial charge in [0.15, 0.2) is 6.10 Å². The molecule has 28 heavy (non-hydrogen) atoms. The molecule has 0 saturated heterocycles. The van der Waals surface area contributed by atoms with Crippen LogP contribution in [0.3, 0.4) is 0 Å². The molecule has 6 heteroatoms. The highest BCUT2D eigenvalue weighted by Gasteiger charge is 2.37. The van der Waals surface area contributed by atoms with Crippen LogP contribution in [-0.4, -0.2) is 27.1 Å². The van der Waals surface area contributed by atoms with Crippen LogP contribution in [0, 0.1) is 5.41 Å². The summed E-state index contributed by atoms with van der Waals surface area (Å²) in [6, 6.07) is 13.2. The number of rotatable bonds is 8. The predicted octanol–water partition coefficient (Wildman–Crippen LogP) is 5.56. The number of allylic oxidation sites excluding steroid dienone is 1. The number of aliphatic hydroxyl groups is 1. The van der Waals surface area contributed by atoms with Crippen molar-refractivity contribution in [2.75, 3.05) is 5.88 Å². The molecule has 0 aliphatic heterocycles. The third-order valence-corrected chi connectivity index (χ3v) is 5.78. The molecule has 3 unspecified atom stereocenters. The number of aromatic amines is 1. The Balaban J connectivity index is 1.72. The first-order chi connectivity index (χ1) is 13.3. The van der Waals surface area contributed by atoms with Crippen LogP contribution >= 0.6 is 23.2 Å². The van der Waals surface area contributed by atoms with Crippen LogP contribution in [0.5, 0.6) is 5.75 Å². The van der Waals surface area contributed by atoms with Gasteiger partial charge in [-0.2, -0.15) is 0 Å². The molecule has 0 fully saturated rings. The van der Waals surface area contributed by atoms with Crippen molar-refractivity contribution in [3.63, 3.8) is 0 Å². The van der Waals surface area contributed by atoms with Crippen molar-refractivity contribution in [2.45, 2.75) is 37.5 Å². The Morgan fingerprint density at radius 1 is 1.21 bits per heavy atom. The average molecular weight is 422 g/mol. The Hall–Kier alpha value is -1.88. The van der Waals surface area contributed by atoms with E-state index < -0.39 is 22.7 Å². The fraction of sp³-hybridized carbons (Fsp3) is 0.364. The third kappa shape index (κ3) is 4.93. The molecule has 0 saturated carbocycles. The van der Waals surface area contributed by atoms with Gasteiger partial charge in [0.2, 0.25) is 5.06 Å². The highest BCUT2D eigenvalue weighted by atomic mass is 35.5. The number of H-pyrrole nitrogens is 1. The molecule has 0 amide bonds. The van der Waals surface area contributed by atoms with Gasteiger partial charge in [-0.15, -0.1) is 11.6 Å². The van der Waals surface area contributed by atoms with E-state index in [1.807, 2.05) is 62.4 Å². The molecule has 2 N–H and O–H groups in total. The summed E-state index contributed by atoms with van der Waals surface area (Å²) in [5.74, 6) is 1.62. The lowest BCUT2D eigenvalue weighted by Crippen LogP contribution is -2.37. The lowest BCUT2D eigenvalue weighted by Gasteiger charge is -2.35. The maximum absolute atomic E-state index is 10.9. The van der Waals surface area contributed by atoms with Gasteiger partial charge in [0.05, 0.1) is 5.69 Å². The number of aromatic nitrogens is 1. The Bertz CT molecular complexity index is 818. The second-order valence-electron chi connectivity index (χ2n) is 7.58. The number of hydrogen-bond acceptors (Lipinski definition) is 3. The minimum atomic E-state index is -0.968. The summed E-state index contributed by atoms with van der Waals surface area (Å²) in [5.41, 5.74) is 0.256. The van der Waals surface area contributed by atoms with Gasteiger partial charge in [-0.25, -0.2) is 0 Å². The van der Waals surface area contributed by atoms with E-state index >= 15 is 0 Å². The Morgan fingerprint density at radius 2 is 1.96 bits per heavy atom. The summed E-state index contributed by atoms with van der Waals surface area (Å²) in [7, 11) is 0. The first kappa shape index (κ1) is 20.8. The fourth-order valence-electron chi connectivity index (χ4n) is 2.88. The second kappa shape index (κ2) is 8.64. The molecule has 4 nitrogen and oxygen atoms in total. The van der Waals surface area contributed by atoms with E-state index in [1.54, 1.807) is 18.3 Å². The minimum absolute atomic E-state index is 0.305. The minimum Gasteiger partial charge on any atom is -0.482 e. The largest absolute Gasteiger partial charge is 0.482 e. The Labute approximate surface area is 175 Å². The van der Waals surface area contributed by atoms with Crippen molar-refractivity contribution in [3.05, 3.63) is 78.3 Å². The molecule has 0 spiro atoms. The van der Waals surface area contributed by atoms with Crippen LogP contribution in [0.4, 0.5) is 0 Å². The van der Waals surface area contributed by atoms with Crippen molar-refractivity contribution in [1.29, 1.82) is 0 Å². The van der Waals surface area contributed by atoms with Crippen LogP contribution in [0.2, 0.25) is 0 Å². The van der Waals surface area contributed by atoms with E-state index in [1.165, 1.54) is 0 Å². The van der Waals surface area contributed by atoms with E-state index in [9.17, 15) is 5.11 Å². The van der Waals surface area contributed by atoms with Gasteiger partial charge in [-0.05, 0) is 42.5 Å². The molecule has 3 rings (SSSR count). The Kier molecular flexibility index (Phi) is 6.43. The van der Waals surface area contributed by atoms with Gasteiger partial charge in [0.25, 0.3) is 0 Å². The zero-order chi connectivity index (χ0) is 20.2. The first-order valence-electron chi connectivity index (χ1n) is 9.19. The molecule has 3 atom stereocenters. The average Bonchev–Trinajstić information content (AvgIpc) is 3.22. The maximum atomic E-state index is 10.9. The van der Waals surface area contributed by atoms with Gasteiger partial charge < -0.3 is 19.6 Å². The smallest absolute Gasteiger partial charge is 0.205 e. The van der Waals surface area contributed by atoms with Crippen molar-refractivity contribution < 1.29 is 14.6 Å². The molecule has 1 heterocycles. The lowest BCUT2D eigenvalue weighted by atomic mass is 9.84. The molecule has 1 aromatic heterocycles. The number of halogens is 2. The highest BCUT2D eigenvalue weighted by molar-refractivity contribution is 6.24. The van der Waals surface area contributed by atoms with E-state index in [0.29, 0.717) is 23.8 Å². The molecule has 0 bridgehead atoms. The fourth-order valence-corrected chi connectivity index (χ4v) is 3.27. The zero-order valence-corrected chi connectivity index (χ0v) is 17.5. The zero-order valence-electron chi connectivity index (χ0n) is 15.9. The monoisotopic (exact) mass is 421 g/mol. The number of para-hydroxylation sites is 1. The summed E-state index contributed by atoms with van der Waals surface area (Å²) < 4.78 is 12.0. The number of ether oxygens (including phenoxy) is 2. The number of benzene rings is 1.